The molecule has 0 radical (unpaired) electrons. The molecule has 1 fully saturated rings. The van der Waals surface area contributed by atoms with Crippen molar-refractivity contribution in [1.82, 2.24) is 14.7 Å². The highest BCUT2D eigenvalue weighted by Crippen LogP contribution is 2.31. The van der Waals surface area contributed by atoms with E-state index in [0.29, 0.717) is 11.8 Å². The highest BCUT2D eigenvalue weighted by Gasteiger charge is 2.30. The third-order valence-corrected chi connectivity index (χ3v) is 2.51. The Kier molecular flexibility index (Phi) is 2.15. The average Bonchev–Trinajstić information content (AvgIpc) is 2.45. The number of aromatic nitrogens is 2. The molecule has 1 aliphatic heterocycles. The SMILES string of the molecule is COc1nn(C)cc1C1CN(C=O)C1. The first kappa shape index (κ1) is 9.05. The van der Waals surface area contributed by atoms with Gasteiger partial charge in [-0.3, -0.25) is 9.48 Å². The molecule has 0 aromatic carbocycles. The number of hydrogen-bond acceptors (Lipinski definition) is 3. The maximum Gasteiger partial charge on any atom is 0.236 e. The summed E-state index contributed by atoms with van der Waals surface area (Å²) in [5.74, 6) is 1.05. The van der Waals surface area contributed by atoms with Gasteiger partial charge in [0.05, 0.1) is 7.11 Å². The van der Waals surface area contributed by atoms with Crippen molar-refractivity contribution in [2.45, 2.75) is 5.92 Å². The van der Waals surface area contributed by atoms with E-state index in [-0.39, 0.29) is 0 Å². The van der Waals surface area contributed by atoms with Gasteiger partial charge in [-0.2, -0.15) is 0 Å². The first-order valence-electron chi connectivity index (χ1n) is 4.51. The van der Waals surface area contributed by atoms with Crippen LogP contribution >= 0.6 is 0 Å². The molecule has 0 N–H and O–H groups in total. The first-order chi connectivity index (χ1) is 6.74. The lowest BCUT2D eigenvalue weighted by atomic mass is 9.94. The number of methoxy groups -OCH3 is 1. The van der Waals surface area contributed by atoms with Crippen LogP contribution in [0.15, 0.2) is 6.20 Å². The van der Waals surface area contributed by atoms with Crippen LogP contribution in [0.25, 0.3) is 0 Å². The van der Waals surface area contributed by atoms with Gasteiger partial charge >= 0.3 is 0 Å². The topological polar surface area (TPSA) is 47.4 Å². The van der Waals surface area contributed by atoms with Gasteiger partial charge in [-0.1, -0.05) is 0 Å². The van der Waals surface area contributed by atoms with E-state index >= 15 is 0 Å². The van der Waals surface area contributed by atoms with E-state index in [1.807, 2.05) is 13.2 Å². The monoisotopic (exact) mass is 195 g/mol. The zero-order valence-electron chi connectivity index (χ0n) is 8.30. The molecule has 1 saturated heterocycles. The summed E-state index contributed by atoms with van der Waals surface area (Å²) in [4.78, 5) is 12.1. The number of ether oxygens (including phenoxy) is 1. The standard InChI is InChI=1S/C9H13N3O2/c1-11-5-8(9(10-11)14-2)7-3-12(4-7)6-13/h5-7H,3-4H2,1-2H3. The molecule has 2 rings (SSSR count). The molecule has 5 heteroatoms. The summed E-state index contributed by atoms with van der Waals surface area (Å²) in [7, 11) is 3.48. The molecule has 2 heterocycles. The van der Waals surface area contributed by atoms with Crippen LogP contribution in [-0.4, -0.2) is 41.3 Å². The zero-order valence-corrected chi connectivity index (χ0v) is 8.30. The van der Waals surface area contributed by atoms with Crippen LogP contribution in [0.1, 0.15) is 11.5 Å². The molecule has 0 spiro atoms. The number of likely N-dealkylation sites (tertiary alicyclic amines) is 1. The minimum Gasteiger partial charge on any atom is -0.480 e. The highest BCUT2D eigenvalue weighted by atomic mass is 16.5. The molecule has 1 amide bonds. The lowest BCUT2D eigenvalue weighted by Crippen LogP contribution is -2.43. The first-order valence-corrected chi connectivity index (χ1v) is 4.51. The summed E-state index contributed by atoms with van der Waals surface area (Å²) in [5, 5.41) is 4.17. The highest BCUT2D eigenvalue weighted by molar-refractivity contribution is 5.50. The Morgan fingerprint density at radius 2 is 2.36 bits per heavy atom. The second-order valence-electron chi connectivity index (χ2n) is 3.52. The number of carbonyl (C=O) groups is 1. The van der Waals surface area contributed by atoms with E-state index in [1.165, 1.54) is 0 Å². The summed E-state index contributed by atoms with van der Waals surface area (Å²) >= 11 is 0. The summed E-state index contributed by atoms with van der Waals surface area (Å²) < 4.78 is 6.89. The second-order valence-corrected chi connectivity index (χ2v) is 3.52. The Morgan fingerprint density at radius 1 is 1.64 bits per heavy atom. The fraction of sp³-hybridized carbons (Fsp3) is 0.556. The fourth-order valence-electron chi connectivity index (χ4n) is 1.72. The zero-order chi connectivity index (χ0) is 10.1. The molecule has 0 bridgehead atoms. The number of amides is 1. The predicted octanol–water partition coefficient (Wildman–Crippen LogP) is -0.0157. The molecular formula is C9H13N3O2. The number of rotatable bonds is 3. The third kappa shape index (κ3) is 1.34. The van der Waals surface area contributed by atoms with Crippen molar-refractivity contribution >= 4 is 6.41 Å². The second kappa shape index (κ2) is 3.32. The molecule has 0 saturated carbocycles. The van der Waals surface area contributed by atoms with Crippen molar-refractivity contribution < 1.29 is 9.53 Å². The lowest BCUT2D eigenvalue weighted by Gasteiger charge is -2.35. The number of hydrogen-bond donors (Lipinski definition) is 0. The molecule has 0 unspecified atom stereocenters. The van der Waals surface area contributed by atoms with Gasteiger partial charge in [-0.25, -0.2) is 0 Å². The van der Waals surface area contributed by atoms with Crippen molar-refractivity contribution in [2.24, 2.45) is 7.05 Å². The van der Waals surface area contributed by atoms with E-state index in [9.17, 15) is 4.79 Å². The summed E-state index contributed by atoms with van der Waals surface area (Å²) in [6, 6.07) is 0. The maximum atomic E-state index is 10.4. The minimum absolute atomic E-state index is 0.379. The summed E-state index contributed by atoms with van der Waals surface area (Å²) in [6.07, 6.45) is 2.82. The quantitative estimate of drug-likeness (QED) is 0.637. The molecule has 0 atom stereocenters. The lowest BCUT2D eigenvalue weighted by molar-refractivity contribution is -0.122. The van der Waals surface area contributed by atoms with Crippen molar-refractivity contribution in [3.63, 3.8) is 0 Å². The maximum absolute atomic E-state index is 10.4. The van der Waals surface area contributed by atoms with Crippen LogP contribution in [-0.2, 0) is 11.8 Å². The van der Waals surface area contributed by atoms with Crippen molar-refractivity contribution in [2.75, 3.05) is 20.2 Å². The van der Waals surface area contributed by atoms with Gasteiger partial charge in [0.1, 0.15) is 0 Å². The van der Waals surface area contributed by atoms with Crippen molar-refractivity contribution in [3.8, 4) is 5.88 Å². The Labute approximate surface area is 82.3 Å². The molecular weight excluding hydrogens is 182 g/mol. The van der Waals surface area contributed by atoms with E-state index in [0.717, 1.165) is 25.1 Å². The van der Waals surface area contributed by atoms with Gasteiger partial charge in [-0.15, -0.1) is 5.10 Å². The number of aryl methyl sites for hydroxylation is 1. The van der Waals surface area contributed by atoms with Crippen molar-refractivity contribution in [3.05, 3.63) is 11.8 Å². The van der Waals surface area contributed by atoms with E-state index < -0.39 is 0 Å². The normalized spacial score (nSPS) is 16.6. The van der Waals surface area contributed by atoms with Crippen LogP contribution in [0.2, 0.25) is 0 Å². The van der Waals surface area contributed by atoms with Gasteiger partial charge in [0.25, 0.3) is 0 Å². The van der Waals surface area contributed by atoms with Gasteiger partial charge in [0.2, 0.25) is 12.3 Å². The van der Waals surface area contributed by atoms with E-state index in [1.54, 1.807) is 16.7 Å². The molecule has 0 aliphatic carbocycles. The molecule has 76 valence electrons. The molecule has 1 aliphatic rings. The van der Waals surface area contributed by atoms with Gasteiger partial charge in [0, 0.05) is 37.8 Å². The Balaban J connectivity index is 2.13. The van der Waals surface area contributed by atoms with Gasteiger partial charge in [0.15, 0.2) is 0 Å². The molecule has 5 nitrogen and oxygen atoms in total. The van der Waals surface area contributed by atoms with Crippen LogP contribution in [0.4, 0.5) is 0 Å². The molecule has 1 aromatic rings. The fourth-order valence-corrected chi connectivity index (χ4v) is 1.72. The Bertz CT molecular complexity index is 342. The molecule has 1 aromatic heterocycles. The van der Waals surface area contributed by atoms with Gasteiger partial charge in [-0.05, 0) is 0 Å². The smallest absolute Gasteiger partial charge is 0.236 e. The van der Waals surface area contributed by atoms with Gasteiger partial charge < -0.3 is 9.64 Å². The Morgan fingerprint density at radius 3 is 2.93 bits per heavy atom. The van der Waals surface area contributed by atoms with Crippen LogP contribution in [0.5, 0.6) is 5.88 Å². The van der Waals surface area contributed by atoms with E-state index in [4.69, 9.17) is 4.74 Å². The largest absolute Gasteiger partial charge is 0.480 e. The predicted molar refractivity (Wildman–Crippen MR) is 50.1 cm³/mol. The van der Waals surface area contributed by atoms with Crippen LogP contribution in [0, 0.1) is 0 Å². The number of carbonyl (C=O) groups excluding carboxylic acids is 1. The van der Waals surface area contributed by atoms with E-state index in [2.05, 4.69) is 5.10 Å². The summed E-state index contributed by atoms with van der Waals surface area (Å²) in [6.45, 7) is 1.54. The Hall–Kier alpha value is -1.52. The molecule has 14 heavy (non-hydrogen) atoms. The third-order valence-electron chi connectivity index (χ3n) is 2.51. The minimum atomic E-state index is 0.379. The summed E-state index contributed by atoms with van der Waals surface area (Å²) in [5.41, 5.74) is 1.09. The number of nitrogens with zero attached hydrogens (tertiary/aromatic N) is 3. The van der Waals surface area contributed by atoms with Crippen LogP contribution < -0.4 is 4.74 Å². The average molecular weight is 195 g/mol. The van der Waals surface area contributed by atoms with Crippen molar-refractivity contribution in [1.29, 1.82) is 0 Å². The van der Waals surface area contributed by atoms with Crippen LogP contribution in [0.3, 0.4) is 0 Å².